The third kappa shape index (κ3) is 1.93. The van der Waals surface area contributed by atoms with Crippen LogP contribution in [0.1, 0.15) is 68.3 Å². The van der Waals surface area contributed by atoms with Crippen LogP contribution in [0.2, 0.25) is 0 Å². The monoisotopic (exact) mass is 416 g/mol. The van der Waals surface area contributed by atoms with Crippen molar-refractivity contribution in [3.63, 3.8) is 0 Å². The first kappa shape index (κ1) is 17.9. The number of aryl methyl sites for hydroxylation is 2. The molecule has 8 rings (SSSR count). The Morgan fingerprint density at radius 3 is 2.37 bits per heavy atom. The van der Waals surface area contributed by atoms with Crippen molar-refractivity contribution >= 4 is 27.2 Å². The molecule has 1 aromatic carbocycles. The van der Waals surface area contributed by atoms with Gasteiger partial charge in [-0.15, -0.1) is 11.3 Å². The number of aromatic nitrogens is 1. The highest BCUT2D eigenvalue weighted by molar-refractivity contribution is 7.17. The second-order valence-electron chi connectivity index (χ2n) is 10.7. The van der Waals surface area contributed by atoms with E-state index in [1.807, 2.05) is 11.3 Å². The second-order valence-corrected chi connectivity index (χ2v) is 11.6. The van der Waals surface area contributed by atoms with Crippen LogP contribution in [-0.4, -0.2) is 4.57 Å². The molecule has 2 aromatic heterocycles. The van der Waals surface area contributed by atoms with Gasteiger partial charge in [0.1, 0.15) is 0 Å². The van der Waals surface area contributed by atoms with E-state index in [4.69, 9.17) is 0 Å². The molecule has 1 unspecified atom stereocenters. The third-order valence-corrected chi connectivity index (χ3v) is 10.3. The molecule has 1 aliphatic heterocycles. The van der Waals surface area contributed by atoms with Crippen LogP contribution < -0.4 is 4.90 Å². The Balaban J connectivity index is 1.58. The van der Waals surface area contributed by atoms with Crippen molar-refractivity contribution in [1.82, 2.24) is 4.57 Å². The molecule has 4 saturated carbocycles. The van der Waals surface area contributed by atoms with E-state index in [2.05, 4.69) is 66.1 Å². The number of hydrogen-bond donors (Lipinski definition) is 0. The van der Waals surface area contributed by atoms with E-state index in [0.29, 0.717) is 6.04 Å². The summed E-state index contributed by atoms with van der Waals surface area (Å²) < 4.78 is 4.16. The fourth-order valence-corrected chi connectivity index (χ4v) is 9.77. The van der Waals surface area contributed by atoms with Crippen LogP contribution in [0.4, 0.5) is 5.69 Å². The number of thiophene rings is 1. The third-order valence-electron chi connectivity index (χ3n) is 9.42. The summed E-state index contributed by atoms with van der Waals surface area (Å²) in [6.07, 6.45) is 8.50. The van der Waals surface area contributed by atoms with Crippen molar-refractivity contribution < 1.29 is 0 Å². The lowest BCUT2D eigenvalue weighted by Crippen LogP contribution is -2.62. The van der Waals surface area contributed by atoms with Crippen LogP contribution >= 0.6 is 11.3 Å². The molecule has 3 heteroatoms. The van der Waals surface area contributed by atoms with Crippen molar-refractivity contribution in [2.75, 3.05) is 4.90 Å². The molecule has 0 saturated heterocycles. The standard InChI is InChI=1S/C27H32N2S/c1-4-21-25-24(26-23(28(25)3)9-10-30-26)27(29(21)22-8-6-5-7-16(22)2)19-12-17-11-18(14-19)15-20(27)13-17/h5-10,17-21H,4,11-15H2,1-3H3. The number of para-hydroxylation sites is 1. The van der Waals surface area contributed by atoms with Gasteiger partial charge in [-0.3, -0.25) is 0 Å². The first-order valence-electron chi connectivity index (χ1n) is 12.1. The minimum Gasteiger partial charge on any atom is -0.352 e. The maximum Gasteiger partial charge on any atom is 0.0749 e. The van der Waals surface area contributed by atoms with Crippen molar-refractivity contribution in [3.8, 4) is 0 Å². The number of rotatable bonds is 2. The molecule has 4 fully saturated rings. The summed E-state index contributed by atoms with van der Waals surface area (Å²) >= 11 is 2.00. The molecule has 2 nitrogen and oxygen atoms in total. The fraction of sp³-hybridized carbons (Fsp3) is 0.556. The molecular weight excluding hydrogens is 384 g/mol. The average molecular weight is 417 g/mol. The lowest BCUT2D eigenvalue weighted by Gasteiger charge is -2.64. The SMILES string of the molecule is CCC1c2c(c3sccc3n2C)C2(C3CC4CC(C3)CC2C4)N1c1ccccc1C. The van der Waals surface area contributed by atoms with Crippen LogP contribution in [0, 0.1) is 30.6 Å². The maximum absolute atomic E-state index is 2.99. The minimum absolute atomic E-state index is 0.208. The topological polar surface area (TPSA) is 8.17 Å². The van der Waals surface area contributed by atoms with Gasteiger partial charge in [-0.1, -0.05) is 25.1 Å². The van der Waals surface area contributed by atoms with Crippen molar-refractivity contribution in [2.45, 2.75) is 64.0 Å². The van der Waals surface area contributed by atoms with Crippen molar-refractivity contribution in [1.29, 1.82) is 0 Å². The molecule has 4 aliphatic carbocycles. The van der Waals surface area contributed by atoms with Gasteiger partial charge < -0.3 is 9.47 Å². The van der Waals surface area contributed by atoms with E-state index in [0.717, 1.165) is 23.7 Å². The van der Waals surface area contributed by atoms with Crippen LogP contribution in [0.15, 0.2) is 35.7 Å². The quantitative estimate of drug-likeness (QED) is 0.430. The van der Waals surface area contributed by atoms with Gasteiger partial charge in [0.15, 0.2) is 0 Å². The van der Waals surface area contributed by atoms with E-state index >= 15 is 0 Å². The van der Waals surface area contributed by atoms with Gasteiger partial charge >= 0.3 is 0 Å². The zero-order valence-electron chi connectivity index (χ0n) is 18.4. The van der Waals surface area contributed by atoms with Gasteiger partial charge in [-0.05, 0) is 92.2 Å². The minimum atomic E-state index is 0.208. The predicted molar refractivity (Wildman–Crippen MR) is 126 cm³/mol. The molecule has 0 radical (unpaired) electrons. The van der Waals surface area contributed by atoms with Gasteiger partial charge in [-0.25, -0.2) is 0 Å². The molecule has 30 heavy (non-hydrogen) atoms. The summed E-state index contributed by atoms with van der Waals surface area (Å²) in [4.78, 5) is 2.99. The van der Waals surface area contributed by atoms with Crippen LogP contribution in [0.25, 0.3) is 10.2 Å². The molecule has 4 bridgehead atoms. The van der Waals surface area contributed by atoms with Crippen LogP contribution in [0.3, 0.4) is 0 Å². The highest BCUT2D eigenvalue weighted by Crippen LogP contribution is 2.70. The Morgan fingerprint density at radius 1 is 1.00 bits per heavy atom. The Kier molecular flexibility index (Phi) is 3.54. The second kappa shape index (κ2) is 5.94. The molecule has 3 aromatic rings. The Labute approximate surface area is 183 Å². The first-order chi connectivity index (χ1) is 14.6. The summed E-state index contributed by atoms with van der Waals surface area (Å²) in [6, 6.07) is 12.1. The number of fused-ring (bicyclic) bond motifs is 3. The van der Waals surface area contributed by atoms with Gasteiger partial charge in [0, 0.05) is 24.0 Å². The van der Waals surface area contributed by atoms with Crippen molar-refractivity contribution in [2.24, 2.45) is 30.7 Å². The van der Waals surface area contributed by atoms with Gasteiger partial charge in [0.05, 0.1) is 21.8 Å². The lowest BCUT2D eigenvalue weighted by molar-refractivity contribution is -0.0600. The van der Waals surface area contributed by atoms with E-state index < -0.39 is 0 Å². The normalized spacial score (nSPS) is 36.4. The van der Waals surface area contributed by atoms with Crippen LogP contribution in [-0.2, 0) is 12.6 Å². The largest absolute Gasteiger partial charge is 0.352 e. The molecule has 3 heterocycles. The highest BCUT2D eigenvalue weighted by Gasteiger charge is 2.66. The summed E-state index contributed by atoms with van der Waals surface area (Å²) in [5.41, 5.74) is 8.01. The van der Waals surface area contributed by atoms with Crippen molar-refractivity contribution in [3.05, 3.63) is 52.5 Å². The summed E-state index contributed by atoms with van der Waals surface area (Å²) in [7, 11) is 2.33. The fourth-order valence-electron chi connectivity index (χ4n) is 8.73. The zero-order valence-corrected chi connectivity index (χ0v) is 19.2. The van der Waals surface area contributed by atoms with Crippen LogP contribution in [0.5, 0.6) is 0 Å². The van der Waals surface area contributed by atoms with Gasteiger partial charge in [0.2, 0.25) is 0 Å². The molecule has 1 atom stereocenters. The smallest absolute Gasteiger partial charge is 0.0749 e. The van der Waals surface area contributed by atoms with E-state index in [1.165, 1.54) is 55.3 Å². The maximum atomic E-state index is 2.99. The predicted octanol–water partition coefficient (Wildman–Crippen LogP) is 7.17. The Bertz CT molecular complexity index is 1120. The molecule has 0 amide bonds. The summed E-state index contributed by atoms with van der Waals surface area (Å²) in [6.45, 7) is 4.74. The number of nitrogens with zero attached hydrogens (tertiary/aromatic N) is 2. The molecule has 1 spiro atoms. The summed E-state index contributed by atoms with van der Waals surface area (Å²) in [5, 5.41) is 2.33. The zero-order chi connectivity index (χ0) is 20.2. The van der Waals surface area contributed by atoms with E-state index in [9.17, 15) is 0 Å². The number of benzene rings is 1. The van der Waals surface area contributed by atoms with Gasteiger partial charge in [-0.2, -0.15) is 0 Å². The van der Waals surface area contributed by atoms with E-state index in [-0.39, 0.29) is 5.54 Å². The summed E-state index contributed by atoms with van der Waals surface area (Å²) in [5.74, 6) is 3.61. The Morgan fingerprint density at radius 2 is 1.70 bits per heavy atom. The Hall–Kier alpha value is -1.74. The molecule has 156 valence electrons. The first-order valence-corrected chi connectivity index (χ1v) is 12.9. The number of hydrogen-bond acceptors (Lipinski definition) is 2. The molecule has 0 N–H and O–H groups in total. The lowest BCUT2D eigenvalue weighted by atomic mass is 9.47. The average Bonchev–Trinajstić information content (AvgIpc) is 3.38. The molecular formula is C27H32N2S. The van der Waals surface area contributed by atoms with E-state index in [1.54, 1.807) is 16.0 Å². The van der Waals surface area contributed by atoms with Gasteiger partial charge in [0.25, 0.3) is 0 Å². The highest BCUT2D eigenvalue weighted by atomic mass is 32.1. The number of anilines is 1. The molecule has 5 aliphatic rings.